The van der Waals surface area contributed by atoms with Crippen LogP contribution >= 0.6 is 0 Å². The van der Waals surface area contributed by atoms with E-state index in [2.05, 4.69) is 15.1 Å². The molecule has 0 spiro atoms. The molecule has 4 heterocycles. The van der Waals surface area contributed by atoms with E-state index in [-0.39, 0.29) is 39.3 Å². The maximum absolute atomic E-state index is 13.7. The van der Waals surface area contributed by atoms with Gasteiger partial charge in [0.1, 0.15) is 16.5 Å². The van der Waals surface area contributed by atoms with Gasteiger partial charge in [-0.3, -0.25) is 9.48 Å². The van der Waals surface area contributed by atoms with Crippen LogP contribution in [0.4, 0.5) is 24.8 Å². The molecule has 4 rings (SSSR count). The first kappa shape index (κ1) is 26.4. The molecular formula is C23H26F3N7O3S. The van der Waals surface area contributed by atoms with Crippen LogP contribution in [-0.4, -0.2) is 46.2 Å². The number of amides is 1. The molecule has 3 N–H and O–H groups in total. The number of nitrogen functional groups attached to an aromatic ring is 1. The minimum absolute atomic E-state index is 0.0540. The molecule has 1 aliphatic heterocycles. The topological polar surface area (TPSA) is 136 Å². The van der Waals surface area contributed by atoms with Crippen LogP contribution in [0.3, 0.4) is 0 Å². The maximum Gasteiger partial charge on any atom is 0.435 e. The largest absolute Gasteiger partial charge is 0.435 e. The van der Waals surface area contributed by atoms with E-state index in [1.807, 2.05) is 30.4 Å². The lowest BCUT2D eigenvalue weighted by atomic mass is 9.97. The van der Waals surface area contributed by atoms with E-state index in [1.165, 1.54) is 43.7 Å². The standard InChI is InChI=1S/C23H26F3N7O3S/c1-13-10-22(2,3)33(11-13)20-14(21(34)31-37(35,36)17-6-5-9-28-19(17)27)7-8-16(29-20)15-12-32(4)30-18(15)23(24,25)26/h5-9,12-13H,10-11H2,1-4H3,(H2,27,28)(H,31,34)/t13-/m0/s1. The van der Waals surface area contributed by atoms with Gasteiger partial charge in [0.05, 0.1) is 16.8 Å². The zero-order valence-electron chi connectivity index (χ0n) is 20.5. The van der Waals surface area contributed by atoms with Gasteiger partial charge >= 0.3 is 6.18 Å². The zero-order chi connectivity index (χ0) is 27.3. The van der Waals surface area contributed by atoms with Crippen LogP contribution in [0.2, 0.25) is 0 Å². The van der Waals surface area contributed by atoms with Crippen LogP contribution in [0.1, 0.15) is 43.2 Å². The van der Waals surface area contributed by atoms with E-state index < -0.39 is 33.3 Å². The summed E-state index contributed by atoms with van der Waals surface area (Å²) in [5.74, 6) is -1.03. The number of anilines is 2. The van der Waals surface area contributed by atoms with E-state index in [0.717, 1.165) is 11.1 Å². The van der Waals surface area contributed by atoms with Crippen molar-refractivity contribution in [3.8, 4) is 11.3 Å². The van der Waals surface area contributed by atoms with E-state index in [0.29, 0.717) is 6.54 Å². The fourth-order valence-corrected chi connectivity index (χ4v) is 5.74. The third-order valence-electron chi connectivity index (χ3n) is 6.14. The number of nitrogens with two attached hydrogens (primary N) is 1. The number of pyridine rings is 2. The smallest absolute Gasteiger partial charge is 0.383 e. The van der Waals surface area contributed by atoms with Gasteiger partial charge in [0, 0.05) is 31.5 Å². The summed E-state index contributed by atoms with van der Waals surface area (Å²) in [6.07, 6.45) is -1.50. The van der Waals surface area contributed by atoms with Gasteiger partial charge in [0.25, 0.3) is 15.9 Å². The molecule has 0 unspecified atom stereocenters. The summed E-state index contributed by atoms with van der Waals surface area (Å²) in [7, 11) is -3.04. The van der Waals surface area contributed by atoms with Crippen LogP contribution in [0, 0.1) is 5.92 Å². The van der Waals surface area contributed by atoms with Crippen molar-refractivity contribution in [2.45, 2.75) is 43.8 Å². The van der Waals surface area contributed by atoms with Crippen molar-refractivity contribution in [1.29, 1.82) is 0 Å². The average molecular weight is 538 g/mol. The minimum Gasteiger partial charge on any atom is -0.383 e. The Bertz CT molecular complexity index is 1470. The summed E-state index contributed by atoms with van der Waals surface area (Å²) in [4.78, 5) is 22.9. The molecule has 0 aromatic carbocycles. The third-order valence-corrected chi connectivity index (χ3v) is 7.52. The summed E-state index contributed by atoms with van der Waals surface area (Å²) >= 11 is 0. The molecule has 0 bridgehead atoms. The van der Waals surface area contributed by atoms with E-state index >= 15 is 0 Å². The summed E-state index contributed by atoms with van der Waals surface area (Å²) in [5, 5.41) is 3.54. The fourth-order valence-electron chi connectivity index (χ4n) is 4.69. The Morgan fingerprint density at radius 3 is 2.54 bits per heavy atom. The molecule has 0 saturated carbocycles. The molecule has 3 aromatic rings. The quantitative estimate of drug-likeness (QED) is 0.506. The number of aryl methyl sites for hydroxylation is 1. The summed E-state index contributed by atoms with van der Waals surface area (Å²) in [5.41, 5.74) is 3.62. The second kappa shape index (κ2) is 9.01. The fraction of sp³-hybridized carbons (Fsp3) is 0.391. The maximum atomic E-state index is 13.7. The molecule has 1 aliphatic rings. The lowest BCUT2D eigenvalue weighted by Crippen LogP contribution is -2.41. The Balaban J connectivity index is 1.83. The molecule has 10 nitrogen and oxygen atoms in total. The molecule has 198 valence electrons. The number of halogens is 3. The van der Waals surface area contributed by atoms with Gasteiger partial charge in [0.2, 0.25) is 0 Å². The van der Waals surface area contributed by atoms with Gasteiger partial charge in [-0.2, -0.15) is 18.3 Å². The molecule has 14 heteroatoms. The normalized spacial score (nSPS) is 17.7. The summed E-state index contributed by atoms with van der Waals surface area (Å²) in [6, 6.07) is 5.06. The minimum atomic E-state index is -4.73. The van der Waals surface area contributed by atoms with E-state index in [4.69, 9.17) is 5.73 Å². The Labute approximate surface area is 211 Å². The van der Waals surface area contributed by atoms with Gasteiger partial charge < -0.3 is 10.6 Å². The van der Waals surface area contributed by atoms with Crippen LogP contribution in [0.15, 0.2) is 41.6 Å². The SMILES string of the molecule is C[C@@H]1CN(c2nc(-c3cn(C)nc3C(F)(F)F)ccc2C(=O)NS(=O)(=O)c2cccnc2N)C(C)(C)C1. The van der Waals surface area contributed by atoms with Gasteiger partial charge in [0.15, 0.2) is 5.69 Å². The molecule has 0 aliphatic carbocycles. The average Bonchev–Trinajstić information content (AvgIpc) is 3.31. The Morgan fingerprint density at radius 2 is 1.95 bits per heavy atom. The molecule has 3 aromatic heterocycles. The van der Waals surface area contributed by atoms with Gasteiger partial charge in [-0.25, -0.2) is 23.1 Å². The highest BCUT2D eigenvalue weighted by molar-refractivity contribution is 7.90. The third kappa shape index (κ3) is 5.10. The molecule has 37 heavy (non-hydrogen) atoms. The van der Waals surface area contributed by atoms with E-state index in [9.17, 15) is 26.4 Å². The zero-order valence-corrected chi connectivity index (χ0v) is 21.4. The van der Waals surface area contributed by atoms with Crippen LogP contribution < -0.4 is 15.4 Å². The first-order chi connectivity index (χ1) is 17.1. The van der Waals surface area contributed by atoms with Crippen molar-refractivity contribution in [3.63, 3.8) is 0 Å². The van der Waals surface area contributed by atoms with Crippen LogP contribution in [0.25, 0.3) is 11.3 Å². The predicted molar refractivity (Wildman–Crippen MR) is 130 cm³/mol. The van der Waals surface area contributed by atoms with Gasteiger partial charge in [-0.05, 0) is 50.5 Å². The van der Waals surface area contributed by atoms with Crippen molar-refractivity contribution < 1.29 is 26.4 Å². The second-order valence-corrected chi connectivity index (χ2v) is 11.3. The summed E-state index contributed by atoms with van der Waals surface area (Å²) < 4.78 is 69.7. The summed E-state index contributed by atoms with van der Waals surface area (Å²) in [6.45, 7) is 6.31. The van der Waals surface area contributed by atoms with Gasteiger partial charge in [-0.1, -0.05) is 6.92 Å². The van der Waals surface area contributed by atoms with Gasteiger partial charge in [-0.15, -0.1) is 0 Å². The first-order valence-corrected chi connectivity index (χ1v) is 12.8. The van der Waals surface area contributed by atoms with E-state index in [1.54, 1.807) is 0 Å². The number of carbonyl (C=O) groups excluding carboxylic acids is 1. The Morgan fingerprint density at radius 1 is 1.24 bits per heavy atom. The van der Waals surface area contributed by atoms with Crippen molar-refractivity contribution in [2.75, 3.05) is 17.2 Å². The highest BCUT2D eigenvalue weighted by Gasteiger charge is 2.41. The highest BCUT2D eigenvalue weighted by Crippen LogP contribution is 2.40. The van der Waals surface area contributed by atoms with Crippen LogP contribution in [-0.2, 0) is 23.2 Å². The first-order valence-electron chi connectivity index (χ1n) is 11.3. The number of hydrogen-bond donors (Lipinski definition) is 2. The molecule has 1 saturated heterocycles. The number of hydrogen-bond acceptors (Lipinski definition) is 8. The Kier molecular flexibility index (Phi) is 6.42. The molecule has 1 fully saturated rings. The van der Waals surface area contributed by atoms with Crippen LogP contribution in [0.5, 0.6) is 0 Å². The van der Waals surface area contributed by atoms with Crippen molar-refractivity contribution >= 4 is 27.6 Å². The number of carbonyl (C=O) groups is 1. The number of alkyl halides is 3. The van der Waals surface area contributed by atoms with Crippen molar-refractivity contribution in [3.05, 3.63) is 47.9 Å². The molecule has 1 atom stereocenters. The number of rotatable bonds is 5. The Hall–Kier alpha value is -3.68. The second-order valence-electron chi connectivity index (χ2n) is 9.68. The highest BCUT2D eigenvalue weighted by atomic mass is 32.2. The number of nitrogens with one attached hydrogen (secondary N) is 1. The monoisotopic (exact) mass is 537 g/mol. The number of aromatic nitrogens is 4. The lowest BCUT2D eigenvalue weighted by Gasteiger charge is -2.34. The lowest BCUT2D eigenvalue weighted by molar-refractivity contribution is -0.141. The molecular weight excluding hydrogens is 511 g/mol. The predicted octanol–water partition coefficient (Wildman–Crippen LogP) is 3.22. The molecule has 0 radical (unpaired) electrons. The number of sulfonamides is 1. The van der Waals surface area contributed by atoms with Crippen molar-refractivity contribution in [2.24, 2.45) is 13.0 Å². The van der Waals surface area contributed by atoms with Crippen molar-refractivity contribution in [1.82, 2.24) is 24.5 Å². The number of nitrogens with zero attached hydrogens (tertiary/aromatic N) is 5. The molecule has 1 amide bonds.